The predicted octanol–water partition coefficient (Wildman–Crippen LogP) is 0.956. The molecule has 1 aromatic rings. The van der Waals surface area contributed by atoms with Crippen molar-refractivity contribution in [2.24, 2.45) is 0 Å². The van der Waals surface area contributed by atoms with Gasteiger partial charge in [-0.15, -0.1) is 0 Å². The Morgan fingerprint density at radius 1 is 1.24 bits per heavy atom. The van der Waals surface area contributed by atoms with Gasteiger partial charge < -0.3 is 0 Å². The van der Waals surface area contributed by atoms with Crippen molar-refractivity contribution in [3.63, 3.8) is 0 Å². The lowest BCUT2D eigenvalue weighted by atomic mass is 10.1. The minimum absolute atomic E-state index is 0.0107. The van der Waals surface area contributed by atoms with Gasteiger partial charge in [0.15, 0.2) is 5.78 Å². The van der Waals surface area contributed by atoms with Gasteiger partial charge in [0.2, 0.25) is 15.9 Å². The molecule has 5 nitrogen and oxygen atoms in total. The van der Waals surface area contributed by atoms with Crippen molar-refractivity contribution < 1.29 is 18.0 Å². The van der Waals surface area contributed by atoms with Gasteiger partial charge in [0.25, 0.3) is 0 Å². The van der Waals surface area contributed by atoms with Gasteiger partial charge in [-0.1, -0.05) is 0 Å². The molecule has 0 radical (unpaired) electrons. The molecule has 0 aliphatic carbocycles. The van der Waals surface area contributed by atoms with E-state index in [-0.39, 0.29) is 23.6 Å². The molecule has 0 saturated carbocycles. The van der Waals surface area contributed by atoms with E-state index in [0.717, 1.165) is 4.31 Å². The summed E-state index contributed by atoms with van der Waals surface area (Å²) in [7, 11) is -3.52. The van der Waals surface area contributed by atoms with Crippen molar-refractivity contribution in [1.82, 2.24) is 0 Å². The number of benzene rings is 1. The van der Waals surface area contributed by atoms with Crippen molar-refractivity contribution in [2.45, 2.75) is 13.3 Å². The third-order valence-electron chi connectivity index (χ3n) is 2.59. The zero-order valence-electron chi connectivity index (χ0n) is 9.21. The molecule has 0 bridgehead atoms. The zero-order chi connectivity index (χ0) is 12.6. The summed E-state index contributed by atoms with van der Waals surface area (Å²) in [4.78, 5) is 22.6. The highest BCUT2D eigenvalue weighted by Crippen LogP contribution is 2.25. The molecule has 6 heteroatoms. The van der Waals surface area contributed by atoms with Crippen LogP contribution in [0.2, 0.25) is 0 Å². The summed E-state index contributed by atoms with van der Waals surface area (Å²) >= 11 is 0. The monoisotopic (exact) mass is 253 g/mol. The Balaban J connectivity index is 2.41. The number of ketones is 1. The van der Waals surface area contributed by atoms with E-state index >= 15 is 0 Å². The number of hydrogen-bond acceptors (Lipinski definition) is 4. The molecule has 0 N–H and O–H groups in total. The molecule has 1 aliphatic heterocycles. The van der Waals surface area contributed by atoms with Crippen molar-refractivity contribution >= 4 is 27.4 Å². The van der Waals surface area contributed by atoms with Crippen LogP contribution < -0.4 is 4.31 Å². The molecule has 0 unspecified atom stereocenters. The average Bonchev–Trinajstić information content (AvgIpc) is 2.53. The first-order valence-corrected chi connectivity index (χ1v) is 6.69. The second kappa shape index (κ2) is 3.96. The van der Waals surface area contributed by atoms with Gasteiger partial charge in [-0.2, -0.15) is 0 Å². The fourth-order valence-electron chi connectivity index (χ4n) is 1.70. The first-order chi connectivity index (χ1) is 7.92. The lowest BCUT2D eigenvalue weighted by Crippen LogP contribution is -2.29. The normalized spacial score (nSPS) is 18.4. The molecule has 1 fully saturated rings. The van der Waals surface area contributed by atoms with Crippen LogP contribution in [0.25, 0.3) is 0 Å². The number of carbonyl (C=O) groups excluding carboxylic acids is 2. The summed E-state index contributed by atoms with van der Waals surface area (Å²) in [6.07, 6.45) is 0.0107. The third-order valence-corrected chi connectivity index (χ3v) is 4.28. The molecule has 1 aromatic carbocycles. The second-order valence-electron chi connectivity index (χ2n) is 3.83. The van der Waals surface area contributed by atoms with Gasteiger partial charge in [-0.3, -0.25) is 9.59 Å². The van der Waals surface area contributed by atoms with Crippen LogP contribution in [0.3, 0.4) is 0 Å². The van der Waals surface area contributed by atoms with Crippen LogP contribution in [0.5, 0.6) is 0 Å². The standard InChI is InChI=1S/C11H11NO4S/c1-8(13)9-2-4-10(5-3-9)12-11(14)6-7-17(12,15)16/h2-5H,6-7H2,1H3. The van der Waals surface area contributed by atoms with Crippen LogP contribution in [0.15, 0.2) is 24.3 Å². The highest BCUT2D eigenvalue weighted by atomic mass is 32.2. The summed E-state index contributed by atoms with van der Waals surface area (Å²) in [5.74, 6) is -0.687. The van der Waals surface area contributed by atoms with Gasteiger partial charge in [-0.25, -0.2) is 12.7 Å². The van der Waals surface area contributed by atoms with Gasteiger partial charge in [0.1, 0.15) is 0 Å². The molecule has 1 saturated heterocycles. The van der Waals surface area contributed by atoms with Crippen LogP contribution >= 0.6 is 0 Å². The van der Waals surface area contributed by atoms with E-state index in [1.807, 2.05) is 0 Å². The Morgan fingerprint density at radius 2 is 1.82 bits per heavy atom. The molecule has 0 spiro atoms. The van der Waals surface area contributed by atoms with Crippen LogP contribution in [0.4, 0.5) is 5.69 Å². The minimum Gasteiger partial charge on any atom is -0.295 e. The quantitative estimate of drug-likeness (QED) is 0.736. The van der Waals surface area contributed by atoms with Crippen LogP contribution in [-0.4, -0.2) is 25.9 Å². The first-order valence-electron chi connectivity index (χ1n) is 5.08. The highest BCUT2D eigenvalue weighted by Gasteiger charge is 2.36. The smallest absolute Gasteiger partial charge is 0.242 e. The van der Waals surface area contributed by atoms with E-state index in [2.05, 4.69) is 0 Å². The SMILES string of the molecule is CC(=O)c1ccc(N2C(=O)CCS2(=O)=O)cc1. The van der Waals surface area contributed by atoms with E-state index in [9.17, 15) is 18.0 Å². The maximum Gasteiger partial charge on any atom is 0.242 e. The fourth-order valence-corrected chi connectivity index (χ4v) is 3.16. The Morgan fingerprint density at radius 3 is 2.24 bits per heavy atom. The molecule has 2 rings (SSSR count). The summed E-state index contributed by atoms with van der Waals surface area (Å²) in [5.41, 5.74) is 0.773. The highest BCUT2D eigenvalue weighted by molar-refractivity contribution is 7.94. The topological polar surface area (TPSA) is 71.5 Å². The summed E-state index contributed by atoms with van der Waals surface area (Å²) in [6.45, 7) is 1.42. The molecule has 90 valence electrons. The minimum atomic E-state index is -3.52. The van der Waals surface area contributed by atoms with E-state index < -0.39 is 15.9 Å². The van der Waals surface area contributed by atoms with Crippen molar-refractivity contribution in [3.05, 3.63) is 29.8 Å². The van der Waals surface area contributed by atoms with Crippen molar-refractivity contribution in [3.8, 4) is 0 Å². The molecule has 0 atom stereocenters. The molecule has 1 amide bonds. The number of anilines is 1. The maximum absolute atomic E-state index is 11.6. The molecule has 1 heterocycles. The van der Waals surface area contributed by atoms with Crippen LogP contribution in [-0.2, 0) is 14.8 Å². The average molecular weight is 253 g/mol. The Bertz CT molecular complexity index is 574. The maximum atomic E-state index is 11.6. The fraction of sp³-hybridized carbons (Fsp3) is 0.273. The number of rotatable bonds is 2. The van der Waals surface area contributed by atoms with E-state index in [1.165, 1.54) is 31.2 Å². The van der Waals surface area contributed by atoms with Gasteiger partial charge in [0, 0.05) is 12.0 Å². The van der Waals surface area contributed by atoms with Crippen molar-refractivity contribution in [2.75, 3.05) is 10.1 Å². The zero-order valence-corrected chi connectivity index (χ0v) is 10.0. The van der Waals surface area contributed by atoms with E-state index in [1.54, 1.807) is 0 Å². The number of nitrogens with zero attached hydrogens (tertiary/aromatic N) is 1. The molecule has 17 heavy (non-hydrogen) atoms. The Labute approximate surface area is 99.1 Å². The number of amides is 1. The summed E-state index contributed by atoms with van der Waals surface area (Å²) in [5, 5.41) is 0. The first kappa shape index (κ1) is 11.8. The number of carbonyl (C=O) groups is 2. The van der Waals surface area contributed by atoms with Crippen molar-refractivity contribution in [1.29, 1.82) is 0 Å². The van der Waals surface area contributed by atoms with Gasteiger partial charge in [0.05, 0.1) is 11.4 Å². The lowest BCUT2D eigenvalue weighted by Gasteiger charge is -2.14. The molecule has 1 aliphatic rings. The molecule has 0 aromatic heterocycles. The largest absolute Gasteiger partial charge is 0.295 e. The van der Waals surface area contributed by atoms with Gasteiger partial charge in [-0.05, 0) is 31.2 Å². The predicted molar refractivity (Wildman–Crippen MR) is 62.3 cm³/mol. The Kier molecular flexibility index (Phi) is 2.74. The Hall–Kier alpha value is -1.69. The third kappa shape index (κ3) is 2.08. The van der Waals surface area contributed by atoms with E-state index in [0.29, 0.717) is 5.56 Å². The van der Waals surface area contributed by atoms with Crippen LogP contribution in [0.1, 0.15) is 23.7 Å². The second-order valence-corrected chi connectivity index (χ2v) is 5.76. The summed E-state index contributed by atoms with van der Waals surface area (Å²) in [6, 6.07) is 5.96. The summed E-state index contributed by atoms with van der Waals surface area (Å²) < 4.78 is 24.1. The number of hydrogen-bond donors (Lipinski definition) is 0. The van der Waals surface area contributed by atoms with Crippen LogP contribution in [0, 0.1) is 0 Å². The lowest BCUT2D eigenvalue weighted by molar-refractivity contribution is -0.116. The number of sulfonamides is 1. The van der Waals surface area contributed by atoms with E-state index in [4.69, 9.17) is 0 Å². The molecular formula is C11H11NO4S. The molecular weight excluding hydrogens is 242 g/mol. The van der Waals surface area contributed by atoms with Gasteiger partial charge >= 0.3 is 0 Å². The number of Topliss-reactive ketones (excluding diaryl/α,β-unsaturated/α-hetero) is 1.